The van der Waals surface area contributed by atoms with Gasteiger partial charge < -0.3 is 9.47 Å². The Hall–Kier alpha value is -6.32. The molecule has 12 rings (SSSR count). The zero-order valence-electron chi connectivity index (χ0n) is 33.4. The van der Waals surface area contributed by atoms with Gasteiger partial charge in [0.05, 0.1) is 11.0 Å². The van der Waals surface area contributed by atoms with E-state index in [0.717, 1.165) is 0 Å². The van der Waals surface area contributed by atoms with Crippen molar-refractivity contribution in [1.82, 2.24) is 4.57 Å². The molecule has 0 saturated carbocycles. The van der Waals surface area contributed by atoms with E-state index < -0.39 is 0 Å². The van der Waals surface area contributed by atoms with Crippen molar-refractivity contribution in [3.05, 3.63) is 163 Å². The lowest BCUT2D eigenvalue weighted by atomic mass is 9.33. The van der Waals surface area contributed by atoms with Gasteiger partial charge in [-0.3, -0.25) is 0 Å². The molecule has 0 unspecified atom stereocenters. The second-order valence-corrected chi connectivity index (χ2v) is 18.6. The Bertz CT molecular complexity index is 3190. The standard InChI is InChI=1S/C54H43BN2/c1-53(2,3)35-22-25-37(26-23-35)56-44-27-24-36(54(4,5)6)31-42(44)55-43-28-33-16-12-19-40-38-17-10-11-18-39(38)41-20-13-21-45-49(41)50(48(33)40)52(43)57(45)47-30-34(29-46(56)51(47)55)32-14-8-7-9-15-32/h7-31H,1-6H3. The Morgan fingerprint density at radius 1 is 0.439 bits per heavy atom. The summed E-state index contributed by atoms with van der Waals surface area (Å²) in [6.45, 7) is 14.0. The molecule has 0 N–H and O–H groups in total. The van der Waals surface area contributed by atoms with Crippen LogP contribution in [0.25, 0.3) is 71.6 Å². The average Bonchev–Trinajstić information content (AvgIpc) is 3.51. The largest absolute Gasteiger partial charge is 0.311 e. The molecule has 0 bridgehead atoms. The van der Waals surface area contributed by atoms with Gasteiger partial charge in [0.15, 0.2) is 0 Å². The number of nitrogens with zero attached hydrogens (tertiary/aromatic N) is 2. The second-order valence-electron chi connectivity index (χ2n) is 18.6. The van der Waals surface area contributed by atoms with Gasteiger partial charge in [-0.15, -0.1) is 0 Å². The molecule has 8 aromatic carbocycles. The van der Waals surface area contributed by atoms with Gasteiger partial charge in [0.2, 0.25) is 0 Å². The summed E-state index contributed by atoms with van der Waals surface area (Å²) in [7, 11) is 0. The number of hydrogen-bond donors (Lipinski definition) is 0. The number of aromatic nitrogens is 1. The fraction of sp³-hybridized carbons (Fsp3) is 0.148. The van der Waals surface area contributed by atoms with Gasteiger partial charge in [0, 0.05) is 33.5 Å². The van der Waals surface area contributed by atoms with E-state index in [-0.39, 0.29) is 17.5 Å². The molecule has 272 valence electrons. The topological polar surface area (TPSA) is 8.17 Å². The summed E-state index contributed by atoms with van der Waals surface area (Å²) >= 11 is 0. The molecule has 1 aliphatic carbocycles. The van der Waals surface area contributed by atoms with Gasteiger partial charge in [0.1, 0.15) is 0 Å². The van der Waals surface area contributed by atoms with Crippen LogP contribution >= 0.6 is 0 Å². The van der Waals surface area contributed by atoms with Crippen molar-refractivity contribution in [2.45, 2.75) is 52.4 Å². The molecule has 1 aromatic heterocycles. The first kappa shape index (κ1) is 32.9. The number of fused-ring (bicyclic) bond motifs is 8. The highest BCUT2D eigenvalue weighted by molar-refractivity contribution is 7.00. The molecule has 9 aromatic rings. The van der Waals surface area contributed by atoms with Gasteiger partial charge in [0.25, 0.3) is 6.71 Å². The van der Waals surface area contributed by atoms with Crippen molar-refractivity contribution in [2.75, 3.05) is 4.90 Å². The Balaban J connectivity index is 1.28. The predicted molar refractivity (Wildman–Crippen MR) is 245 cm³/mol. The van der Waals surface area contributed by atoms with Crippen molar-refractivity contribution in [1.29, 1.82) is 0 Å². The maximum Gasteiger partial charge on any atom is 0.252 e. The number of anilines is 3. The van der Waals surface area contributed by atoms with E-state index in [4.69, 9.17) is 0 Å². The van der Waals surface area contributed by atoms with Crippen LogP contribution in [0.5, 0.6) is 0 Å². The smallest absolute Gasteiger partial charge is 0.252 e. The molecule has 3 heterocycles. The Kier molecular flexibility index (Phi) is 6.44. The van der Waals surface area contributed by atoms with Gasteiger partial charge in [-0.2, -0.15) is 0 Å². The summed E-state index contributed by atoms with van der Waals surface area (Å²) in [5, 5.41) is 5.40. The molecule has 3 aliphatic rings. The van der Waals surface area contributed by atoms with Crippen LogP contribution in [0.3, 0.4) is 0 Å². The van der Waals surface area contributed by atoms with Crippen molar-refractivity contribution in [3.63, 3.8) is 0 Å². The molecular formula is C54H43BN2. The van der Waals surface area contributed by atoms with E-state index in [0.29, 0.717) is 0 Å². The van der Waals surface area contributed by atoms with Gasteiger partial charge in [-0.25, -0.2) is 0 Å². The highest BCUT2D eigenvalue weighted by Gasteiger charge is 2.44. The predicted octanol–water partition coefficient (Wildman–Crippen LogP) is 12.5. The van der Waals surface area contributed by atoms with Crippen LogP contribution in [-0.2, 0) is 10.8 Å². The number of benzene rings is 8. The van der Waals surface area contributed by atoms with Crippen molar-refractivity contribution in [3.8, 4) is 39.1 Å². The van der Waals surface area contributed by atoms with Crippen LogP contribution in [0.4, 0.5) is 17.1 Å². The summed E-state index contributed by atoms with van der Waals surface area (Å²) in [4.78, 5) is 2.56. The van der Waals surface area contributed by atoms with Crippen molar-refractivity contribution >= 4 is 72.7 Å². The minimum atomic E-state index is -0.00884. The maximum atomic E-state index is 2.65. The molecule has 0 spiro atoms. The molecule has 3 heteroatoms. The highest BCUT2D eigenvalue weighted by atomic mass is 15.2. The van der Waals surface area contributed by atoms with Crippen LogP contribution in [0.1, 0.15) is 52.7 Å². The number of rotatable bonds is 2. The third kappa shape index (κ3) is 4.43. The highest BCUT2D eigenvalue weighted by Crippen LogP contribution is 2.51. The van der Waals surface area contributed by atoms with E-state index in [1.54, 1.807) is 0 Å². The average molecular weight is 731 g/mol. The van der Waals surface area contributed by atoms with E-state index in [1.807, 2.05) is 0 Å². The summed E-state index contributed by atoms with van der Waals surface area (Å²) in [6, 6.07) is 58.1. The molecule has 57 heavy (non-hydrogen) atoms. The lowest BCUT2D eigenvalue weighted by Crippen LogP contribution is -2.60. The Morgan fingerprint density at radius 2 is 1.07 bits per heavy atom. The zero-order valence-corrected chi connectivity index (χ0v) is 33.4. The van der Waals surface area contributed by atoms with Crippen LogP contribution < -0.4 is 21.3 Å². The Morgan fingerprint density at radius 3 is 1.79 bits per heavy atom. The Labute approximate surface area is 335 Å². The van der Waals surface area contributed by atoms with Crippen LogP contribution in [-0.4, -0.2) is 11.3 Å². The van der Waals surface area contributed by atoms with E-state index in [1.165, 1.54) is 116 Å². The first-order valence-corrected chi connectivity index (χ1v) is 20.5. The molecule has 0 radical (unpaired) electrons. The molecule has 0 atom stereocenters. The second kappa shape index (κ2) is 11.2. The summed E-state index contributed by atoms with van der Waals surface area (Å²) in [5.41, 5.74) is 22.1. The van der Waals surface area contributed by atoms with Gasteiger partial charge in [-0.05, 0) is 119 Å². The van der Waals surface area contributed by atoms with E-state index >= 15 is 0 Å². The summed E-state index contributed by atoms with van der Waals surface area (Å²) in [6.07, 6.45) is 0. The summed E-state index contributed by atoms with van der Waals surface area (Å²) < 4.78 is 2.65. The molecule has 0 amide bonds. The minimum Gasteiger partial charge on any atom is -0.311 e. The fourth-order valence-corrected chi connectivity index (χ4v) is 10.5. The zero-order chi connectivity index (χ0) is 38.5. The molecule has 2 nitrogen and oxygen atoms in total. The van der Waals surface area contributed by atoms with Gasteiger partial charge >= 0.3 is 0 Å². The SMILES string of the molecule is CC(C)(C)c1ccc(N2c3ccc(C(C)(C)C)cc3B3c4c2cc(-c2ccccc2)cc4-n2c4cccc5c4c4c6c(cccc6cc3c42)-c2ccccc2-5)cc1. The van der Waals surface area contributed by atoms with Gasteiger partial charge in [-0.1, -0.05) is 157 Å². The first-order chi connectivity index (χ1) is 27.6. The molecule has 2 aliphatic heterocycles. The first-order valence-electron chi connectivity index (χ1n) is 20.5. The fourth-order valence-electron chi connectivity index (χ4n) is 10.5. The van der Waals surface area contributed by atoms with E-state index in [9.17, 15) is 0 Å². The molecular weight excluding hydrogens is 687 g/mol. The lowest BCUT2D eigenvalue weighted by molar-refractivity contribution is 0.590. The van der Waals surface area contributed by atoms with E-state index in [2.05, 4.69) is 203 Å². The number of hydrogen-bond acceptors (Lipinski definition) is 1. The third-order valence-electron chi connectivity index (χ3n) is 13.2. The van der Waals surface area contributed by atoms with Crippen molar-refractivity contribution in [2.24, 2.45) is 0 Å². The maximum absolute atomic E-state index is 2.65. The monoisotopic (exact) mass is 730 g/mol. The third-order valence-corrected chi connectivity index (χ3v) is 13.2. The molecule has 0 saturated heterocycles. The van der Waals surface area contributed by atoms with Crippen LogP contribution in [0.15, 0.2) is 152 Å². The quantitative estimate of drug-likeness (QED) is 0.161. The minimum absolute atomic E-state index is 0.00884. The normalized spacial score (nSPS) is 13.7. The molecule has 0 fully saturated rings. The van der Waals surface area contributed by atoms with Crippen molar-refractivity contribution < 1.29 is 0 Å². The van der Waals surface area contributed by atoms with Crippen LogP contribution in [0.2, 0.25) is 0 Å². The lowest BCUT2D eigenvalue weighted by Gasteiger charge is -2.41. The summed E-state index contributed by atoms with van der Waals surface area (Å²) in [5.74, 6) is 0. The van der Waals surface area contributed by atoms with Crippen LogP contribution in [0, 0.1) is 0 Å².